The predicted octanol–water partition coefficient (Wildman–Crippen LogP) is 2.39. The summed E-state index contributed by atoms with van der Waals surface area (Å²) in [6, 6.07) is 0. The molecule has 0 rings (SSSR count). The normalized spacial score (nSPS) is 11.5. The second-order valence-electron chi connectivity index (χ2n) is 4.06. The molecule has 0 atom stereocenters. The van der Waals surface area contributed by atoms with Gasteiger partial charge in [0.1, 0.15) is 0 Å². The van der Waals surface area contributed by atoms with E-state index in [0.29, 0.717) is 6.42 Å². The summed E-state index contributed by atoms with van der Waals surface area (Å²) < 4.78 is 19.4. The van der Waals surface area contributed by atoms with Crippen LogP contribution in [0.5, 0.6) is 0 Å². The second kappa shape index (κ2) is 10.5. The van der Waals surface area contributed by atoms with Gasteiger partial charge in [-0.25, -0.2) is 4.57 Å². The fraction of sp³-hybridized carbons (Fsp3) is 0.909. The van der Waals surface area contributed by atoms with Gasteiger partial charge in [-0.2, -0.15) is 0 Å². The summed E-state index contributed by atoms with van der Waals surface area (Å²) in [6.45, 7) is 2.15. The number of ether oxygens (including phenoxy) is 1. The van der Waals surface area contributed by atoms with Crippen molar-refractivity contribution < 1.29 is 28.4 Å². The molecular weight excluding hydrogens is 259 g/mol. The Bertz CT molecular complexity index is 262. The molecule has 0 saturated carbocycles. The average Bonchev–Trinajstić information content (AvgIpc) is 2.27. The molecule has 0 amide bonds. The van der Waals surface area contributed by atoms with Crippen LogP contribution < -0.4 is 0 Å². The standard InChI is InChI=1S/C11H23O6P/c1-2-3-4-5-6-8-11(12)16-9-7-10-17-18(13,14)15/h2-10H2,1H3,(H2,13,14,15). The molecule has 0 aromatic heterocycles. The van der Waals surface area contributed by atoms with Crippen LogP contribution in [-0.4, -0.2) is 29.0 Å². The molecule has 6 nitrogen and oxygen atoms in total. The van der Waals surface area contributed by atoms with E-state index in [1.54, 1.807) is 0 Å². The van der Waals surface area contributed by atoms with Gasteiger partial charge in [-0.15, -0.1) is 0 Å². The summed E-state index contributed by atoms with van der Waals surface area (Å²) in [4.78, 5) is 28.0. The number of carbonyl (C=O) groups is 1. The first-order valence-corrected chi connectivity index (χ1v) is 7.84. The largest absolute Gasteiger partial charge is 0.469 e. The van der Waals surface area contributed by atoms with Crippen molar-refractivity contribution in [3.8, 4) is 0 Å². The molecule has 0 aliphatic rings. The predicted molar refractivity (Wildman–Crippen MR) is 66.9 cm³/mol. The lowest BCUT2D eigenvalue weighted by Crippen LogP contribution is -2.07. The number of unbranched alkanes of at least 4 members (excludes halogenated alkanes) is 4. The first kappa shape index (κ1) is 17.6. The van der Waals surface area contributed by atoms with Gasteiger partial charge in [-0.3, -0.25) is 9.32 Å². The number of phosphoric acid groups is 1. The molecule has 0 aromatic carbocycles. The molecule has 0 bridgehead atoms. The van der Waals surface area contributed by atoms with Crippen molar-refractivity contribution in [1.29, 1.82) is 0 Å². The first-order chi connectivity index (χ1) is 8.45. The van der Waals surface area contributed by atoms with Crippen LogP contribution in [0.1, 0.15) is 51.9 Å². The van der Waals surface area contributed by atoms with E-state index >= 15 is 0 Å². The van der Waals surface area contributed by atoms with Crippen LogP contribution in [0.3, 0.4) is 0 Å². The molecule has 2 N–H and O–H groups in total. The minimum Gasteiger partial charge on any atom is -0.466 e. The maximum atomic E-state index is 11.2. The summed E-state index contributed by atoms with van der Waals surface area (Å²) in [6.07, 6.45) is 6.05. The summed E-state index contributed by atoms with van der Waals surface area (Å²) in [7, 11) is -4.40. The Labute approximate surface area is 108 Å². The molecule has 0 radical (unpaired) electrons. The van der Waals surface area contributed by atoms with E-state index in [4.69, 9.17) is 14.5 Å². The zero-order valence-electron chi connectivity index (χ0n) is 10.8. The molecule has 108 valence electrons. The summed E-state index contributed by atoms with van der Waals surface area (Å²) in [5, 5.41) is 0. The van der Waals surface area contributed by atoms with E-state index in [9.17, 15) is 9.36 Å². The maximum absolute atomic E-state index is 11.2. The Kier molecular flexibility index (Phi) is 10.3. The van der Waals surface area contributed by atoms with E-state index < -0.39 is 7.82 Å². The van der Waals surface area contributed by atoms with Crippen LogP contribution >= 0.6 is 7.82 Å². The number of rotatable bonds is 11. The van der Waals surface area contributed by atoms with Gasteiger partial charge in [-0.05, 0) is 6.42 Å². The van der Waals surface area contributed by atoms with E-state index in [1.165, 1.54) is 12.8 Å². The number of hydrogen-bond donors (Lipinski definition) is 2. The summed E-state index contributed by atoms with van der Waals surface area (Å²) in [5.74, 6) is -0.261. The molecule has 0 unspecified atom stereocenters. The lowest BCUT2D eigenvalue weighted by molar-refractivity contribution is -0.144. The molecule has 0 aliphatic heterocycles. The molecule has 0 aliphatic carbocycles. The van der Waals surface area contributed by atoms with Crippen molar-refractivity contribution in [3.63, 3.8) is 0 Å². The highest BCUT2D eigenvalue weighted by Crippen LogP contribution is 2.35. The van der Waals surface area contributed by atoms with Crippen LogP contribution in [0, 0.1) is 0 Å². The molecule has 7 heteroatoms. The minimum atomic E-state index is -4.40. The molecule has 0 heterocycles. The first-order valence-electron chi connectivity index (χ1n) is 6.31. The number of esters is 1. The van der Waals surface area contributed by atoms with Crippen molar-refractivity contribution in [2.24, 2.45) is 0 Å². The minimum absolute atomic E-state index is 0.117. The van der Waals surface area contributed by atoms with Gasteiger partial charge in [-0.1, -0.05) is 32.6 Å². The van der Waals surface area contributed by atoms with Gasteiger partial charge in [0, 0.05) is 12.8 Å². The van der Waals surface area contributed by atoms with E-state index in [-0.39, 0.29) is 25.6 Å². The third-order valence-corrected chi connectivity index (χ3v) is 2.81. The van der Waals surface area contributed by atoms with Gasteiger partial charge in [0.2, 0.25) is 0 Å². The van der Waals surface area contributed by atoms with Crippen molar-refractivity contribution >= 4 is 13.8 Å². The van der Waals surface area contributed by atoms with Crippen molar-refractivity contribution in [1.82, 2.24) is 0 Å². The van der Waals surface area contributed by atoms with Crippen molar-refractivity contribution in [2.75, 3.05) is 13.2 Å². The SMILES string of the molecule is CCCCCCCC(=O)OCCCOP(=O)(O)O. The molecule has 0 aromatic rings. The van der Waals surface area contributed by atoms with Crippen molar-refractivity contribution in [3.05, 3.63) is 0 Å². The smallest absolute Gasteiger partial charge is 0.466 e. The third-order valence-electron chi connectivity index (χ3n) is 2.30. The Morgan fingerprint density at radius 1 is 1.06 bits per heavy atom. The molecule has 18 heavy (non-hydrogen) atoms. The van der Waals surface area contributed by atoms with Gasteiger partial charge >= 0.3 is 13.8 Å². The van der Waals surface area contributed by atoms with E-state index in [0.717, 1.165) is 19.3 Å². The summed E-state index contributed by atoms with van der Waals surface area (Å²) in [5.41, 5.74) is 0. The lowest BCUT2D eigenvalue weighted by Gasteiger charge is -2.06. The highest BCUT2D eigenvalue weighted by Gasteiger charge is 2.12. The second-order valence-corrected chi connectivity index (χ2v) is 5.30. The van der Waals surface area contributed by atoms with Gasteiger partial charge in [0.25, 0.3) is 0 Å². The van der Waals surface area contributed by atoms with Gasteiger partial charge in [0.05, 0.1) is 13.2 Å². The Hall–Kier alpha value is -0.420. The molecule has 0 fully saturated rings. The molecular formula is C11H23O6P. The van der Waals surface area contributed by atoms with Crippen LogP contribution in [0.15, 0.2) is 0 Å². The van der Waals surface area contributed by atoms with Crippen LogP contribution in [-0.2, 0) is 18.6 Å². The molecule has 0 spiro atoms. The lowest BCUT2D eigenvalue weighted by atomic mass is 10.1. The highest BCUT2D eigenvalue weighted by atomic mass is 31.2. The Morgan fingerprint density at radius 3 is 2.33 bits per heavy atom. The van der Waals surface area contributed by atoms with Gasteiger partial charge < -0.3 is 14.5 Å². The maximum Gasteiger partial charge on any atom is 0.469 e. The van der Waals surface area contributed by atoms with E-state index in [1.807, 2.05) is 0 Å². The van der Waals surface area contributed by atoms with Crippen molar-refractivity contribution in [2.45, 2.75) is 51.9 Å². The van der Waals surface area contributed by atoms with Crippen LogP contribution in [0.4, 0.5) is 0 Å². The quantitative estimate of drug-likeness (QED) is 0.343. The van der Waals surface area contributed by atoms with Crippen LogP contribution in [0.2, 0.25) is 0 Å². The third kappa shape index (κ3) is 13.6. The topological polar surface area (TPSA) is 93.1 Å². The zero-order valence-corrected chi connectivity index (χ0v) is 11.7. The monoisotopic (exact) mass is 282 g/mol. The fourth-order valence-corrected chi connectivity index (χ4v) is 1.74. The number of carbonyl (C=O) groups excluding carboxylic acids is 1. The summed E-state index contributed by atoms with van der Waals surface area (Å²) >= 11 is 0. The van der Waals surface area contributed by atoms with Crippen LogP contribution in [0.25, 0.3) is 0 Å². The number of hydrogen-bond acceptors (Lipinski definition) is 4. The Morgan fingerprint density at radius 2 is 1.72 bits per heavy atom. The highest BCUT2D eigenvalue weighted by molar-refractivity contribution is 7.46. The Balaban J connectivity index is 3.30. The van der Waals surface area contributed by atoms with E-state index in [2.05, 4.69) is 11.4 Å². The number of phosphoric ester groups is 1. The van der Waals surface area contributed by atoms with Gasteiger partial charge in [0.15, 0.2) is 0 Å². The molecule has 0 saturated heterocycles. The average molecular weight is 282 g/mol. The zero-order chi connectivity index (χ0) is 13.9. The fourth-order valence-electron chi connectivity index (χ4n) is 1.37.